The number of nitrogens with zero attached hydrogens (tertiary/aromatic N) is 2. The third-order valence-electron chi connectivity index (χ3n) is 6.03. The van der Waals surface area contributed by atoms with Crippen LogP contribution in [0.4, 0.5) is 5.69 Å². The van der Waals surface area contributed by atoms with Crippen LogP contribution >= 0.6 is 11.8 Å². The summed E-state index contributed by atoms with van der Waals surface area (Å²) in [5, 5.41) is 9.04. The summed E-state index contributed by atoms with van der Waals surface area (Å²) in [6.07, 6.45) is 4.28. The van der Waals surface area contributed by atoms with E-state index in [0.717, 1.165) is 46.7 Å². The molecule has 0 bridgehead atoms. The lowest BCUT2D eigenvalue weighted by molar-refractivity contribution is 0.590. The topological polar surface area (TPSA) is 61.2 Å². The van der Waals surface area contributed by atoms with Gasteiger partial charge in [0.2, 0.25) is 0 Å². The van der Waals surface area contributed by atoms with E-state index in [1.165, 1.54) is 17.5 Å². The fourth-order valence-electron chi connectivity index (χ4n) is 4.36. The van der Waals surface area contributed by atoms with E-state index in [4.69, 9.17) is 5.26 Å². The third-order valence-corrected chi connectivity index (χ3v) is 8.89. The molecule has 156 valence electrons. The number of thioether (sulfide) groups is 1. The number of hydrogen-bond donors (Lipinski definition) is 0. The number of hydrogen-bond acceptors (Lipinski definition) is 4. The maximum absolute atomic E-state index is 13.6. The molecule has 0 atom stereocenters. The van der Waals surface area contributed by atoms with Crippen molar-refractivity contribution in [2.75, 3.05) is 16.6 Å². The van der Waals surface area contributed by atoms with Crippen molar-refractivity contribution in [3.8, 4) is 17.2 Å². The Morgan fingerprint density at radius 1 is 0.871 bits per heavy atom. The lowest BCUT2D eigenvalue weighted by Gasteiger charge is -2.31. The molecule has 0 unspecified atom stereocenters. The SMILES string of the molecule is N#Cc1ccc(-c2ccc3c(c2)N(S(=O)(=O)c2ccc4c(c2)CCCC4)CCS3)cc1. The Morgan fingerprint density at radius 3 is 2.39 bits per heavy atom. The third kappa shape index (κ3) is 3.73. The van der Waals surface area contributed by atoms with Crippen LogP contribution in [0.3, 0.4) is 0 Å². The van der Waals surface area contributed by atoms with E-state index in [9.17, 15) is 8.42 Å². The Hall–Kier alpha value is -2.75. The second-order valence-corrected chi connectivity index (χ2v) is 10.9. The van der Waals surface area contributed by atoms with Gasteiger partial charge >= 0.3 is 0 Å². The number of anilines is 1. The van der Waals surface area contributed by atoms with Crippen molar-refractivity contribution in [1.82, 2.24) is 0 Å². The maximum atomic E-state index is 13.6. The molecule has 5 rings (SSSR count). The van der Waals surface area contributed by atoms with Crippen molar-refractivity contribution in [2.45, 2.75) is 35.5 Å². The molecule has 6 heteroatoms. The van der Waals surface area contributed by atoms with Gasteiger partial charge in [0.25, 0.3) is 10.0 Å². The minimum absolute atomic E-state index is 0.384. The van der Waals surface area contributed by atoms with Crippen LogP contribution in [0, 0.1) is 11.3 Å². The molecule has 3 aromatic rings. The number of sulfonamides is 1. The van der Waals surface area contributed by atoms with Gasteiger partial charge in [-0.2, -0.15) is 5.26 Å². The summed E-state index contributed by atoms with van der Waals surface area (Å²) in [7, 11) is -3.64. The van der Waals surface area contributed by atoms with Crippen molar-refractivity contribution in [2.24, 2.45) is 0 Å². The fraction of sp³-hybridized carbons (Fsp3) is 0.240. The quantitative estimate of drug-likeness (QED) is 0.540. The molecule has 0 saturated heterocycles. The van der Waals surface area contributed by atoms with E-state index in [1.807, 2.05) is 42.5 Å². The molecule has 31 heavy (non-hydrogen) atoms. The fourth-order valence-corrected chi connectivity index (χ4v) is 7.03. The van der Waals surface area contributed by atoms with Gasteiger partial charge in [-0.1, -0.05) is 24.3 Å². The van der Waals surface area contributed by atoms with Crippen LogP contribution in [0.15, 0.2) is 70.5 Å². The Kier molecular flexibility index (Phi) is 5.25. The number of nitriles is 1. The van der Waals surface area contributed by atoms with Crippen LogP contribution in [0.2, 0.25) is 0 Å². The van der Waals surface area contributed by atoms with Gasteiger partial charge in [0.15, 0.2) is 0 Å². The van der Waals surface area contributed by atoms with Crippen molar-refractivity contribution in [1.29, 1.82) is 5.26 Å². The number of fused-ring (bicyclic) bond motifs is 2. The highest BCUT2D eigenvalue weighted by Gasteiger charge is 2.30. The maximum Gasteiger partial charge on any atom is 0.264 e. The first kappa shape index (κ1) is 20.2. The molecule has 2 aliphatic rings. The van der Waals surface area contributed by atoms with Crippen LogP contribution in [0.25, 0.3) is 11.1 Å². The lowest BCUT2D eigenvalue weighted by Crippen LogP contribution is -2.35. The first-order valence-corrected chi connectivity index (χ1v) is 12.9. The van der Waals surface area contributed by atoms with Crippen LogP contribution in [-0.2, 0) is 22.9 Å². The second kappa shape index (κ2) is 8.07. The first-order valence-electron chi connectivity index (χ1n) is 10.5. The van der Waals surface area contributed by atoms with E-state index in [0.29, 0.717) is 17.0 Å². The van der Waals surface area contributed by atoms with E-state index in [-0.39, 0.29) is 0 Å². The molecule has 4 nitrogen and oxygen atoms in total. The smallest absolute Gasteiger partial charge is 0.264 e. The molecule has 0 aromatic heterocycles. The molecule has 3 aromatic carbocycles. The number of benzene rings is 3. The van der Waals surface area contributed by atoms with Crippen LogP contribution in [-0.4, -0.2) is 20.7 Å². The molecule has 0 amide bonds. The highest BCUT2D eigenvalue weighted by Crippen LogP contribution is 2.40. The molecule has 1 aliphatic carbocycles. The normalized spacial score (nSPS) is 15.6. The van der Waals surface area contributed by atoms with E-state index < -0.39 is 10.0 Å². The highest BCUT2D eigenvalue weighted by atomic mass is 32.2. The predicted molar refractivity (Wildman–Crippen MR) is 125 cm³/mol. The van der Waals surface area contributed by atoms with Gasteiger partial charge in [-0.3, -0.25) is 4.31 Å². The monoisotopic (exact) mass is 446 g/mol. The molecule has 1 aliphatic heterocycles. The Morgan fingerprint density at radius 2 is 1.61 bits per heavy atom. The summed E-state index contributed by atoms with van der Waals surface area (Å²) >= 11 is 1.69. The molecule has 0 N–H and O–H groups in total. The van der Waals surface area contributed by atoms with Crippen LogP contribution < -0.4 is 4.31 Å². The first-order chi connectivity index (χ1) is 15.1. The summed E-state index contributed by atoms with van der Waals surface area (Å²) < 4.78 is 28.9. The minimum Gasteiger partial charge on any atom is -0.264 e. The van der Waals surface area contributed by atoms with Crippen molar-refractivity contribution in [3.63, 3.8) is 0 Å². The van der Waals surface area contributed by atoms with Gasteiger partial charge in [-0.25, -0.2) is 8.42 Å². The highest BCUT2D eigenvalue weighted by molar-refractivity contribution is 8.00. The van der Waals surface area contributed by atoms with Crippen LogP contribution in [0.1, 0.15) is 29.5 Å². The standard InChI is InChI=1S/C25H22N2O2S2/c26-17-18-5-7-20(8-6-18)22-10-12-25-24(16-22)27(13-14-30-25)31(28,29)23-11-9-19-3-1-2-4-21(19)15-23/h5-12,15-16H,1-4,13-14H2. The average Bonchev–Trinajstić information content (AvgIpc) is 2.83. The zero-order valence-electron chi connectivity index (χ0n) is 17.0. The zero-order valence-corrected chi connectivity index (χ0v) is 18.7. The van der Waals surface area contributed by atoms with Crippen LogP contribution in [0.5, 0.6) is 0 Å². The summed E-state index contributed by atoms with van der Waals surface area (Å²) in [6, 6.07) is 21.1. The molecule has 1 heterocycles. The predicted octanol–water partition coefficient (Wildman–Crippen LogP) is 5.41. The van der Waals surface area contributed by atoms with Gasteiger partial charge in [-0.05, 0) is 84.3 Å². The summed E-state index contributed by atoms with van der Waals surface area (Å²) in [5.41, 5.74) is 5.69. The molecule has 0 spiro atoms. The number of rotatable bonds is 3. The van der Waals surface area contributed by atoms with E-state index in [2.05, 4.69) is 6.07 Å². The molecule has 0 fully saturated rings. The zero-order chi connectivity index (χ0) is 21.4. The van der Waals surface area contributed by atoms with Gasteiger partial charge in [0, 0.05) is 17.2 Å². The largest absolute Gasteiger partial charge is 0.264 e. The van der Waals surface area contributed by atoms with Gasteiger partial charge in [0.1, 0.15) is 0 Å². The van der Waals surface area contributed by atoms with Gasteiger partial charge in [-0.15, -0.1) is 11.8 Å². The van der Waals surface area contributed by atoms with Gasteiger partial charge < -0.3 is 0 Å². The Bertz CT molecular complexity index is 1290. The van der Waals surface area contributed by atoms with Crippen molar-refractivity contribution >= 4 is 27.5 Å². The Labute approximate surface area is 187 Å². The summed E-state index contributed by atoms with van der Waals surface area (Å²) in [6.45, 7) is 0.452. The molecule has 0 radical (unpaired) electrons. The summed E-state index contributed by atoms with van der Waals surface area (Å²) in [4.78, 5) is 1.36. The van der Waals surface area contributed by atoms with E-state index >= 15 is 0 Å². The molecular weight excluding hydrogens is 424 g/mol. The lowest BCUT2D eigenvalue weighted by atomic mass is 9.92. The van der Waals surface area contributed by atoms with E-state index in [1.54, 1.807) is 34.3 Å². The second-order valence-electron chi connectivity index (χ2n) is 7.93. The van der Waals surface area contributed by atoms with Crippen molar-refractivity contribution < 1.29 is 8.42 Å². The van der Waals surface area contributed by atoms with Gasteiger partial charge in [0.05, 0.1) is 22.2 Å². The molecule has 0 saturated carbocycles. The van der Waals surface area contributed by atoms with Crippen molar-refractivity contribution in [3.05, 3.63) is 77.4 Å². The average molecular weight is 447 g/mol. The summed E-state index contributed by atoms with van der Waals surface area (Å²) in [5.74, 6) is 0.730. The Balaban J connectivity index is 1.55. The minimum atomic E-state index is -3.64. The molecular formula is C25H22N2O2S2. The number of aryl methyl sites for hydroxylation is 2.